The normalized spacial score (nSPS) is 10.9. The van der Waals surface area contributed by atoms with Crippen LogP contribution in [-0.4, -0.2) is 16.4 Å². The summed E-state index contributed by atoms with van der Waals surface area (Å²) >= 11 is 0. The van der Waals surface area contributed by atoms with Crippen molar-refractivity contribution in [1.29, 1.82) is 0 Å². The van der Waals surface area contributed by atoms with Crippen molar-refractivity contribution in [3.63, 3.8) is 0 Å². The first-order chi connectivity index (χ1) is 6.86. The summed E-state index contributed by atoms with van der Waals surface area (Å²) in [7, 11) is 0. The summed E-state index contributed by atoms with van der Waals surface area (Å²) in [4.78, 5) is 4.32. The second kappa shape index (κ2) is 6.13. The molecule has 76 valence electrons. The monoisotopic (exact) mass is 192 g/mol. The zero-order valence-corrected chi connectivity index (χ0v) is 8.48. The molecule has 14 heavy (non-hydrogen) atoms. The van der Waals surface area contributed by atoms with Crippen LogP contribution >= 0.6 is 0 Å². The van der Waals surface area contributed by atoms with Crippen molar-refractivity contribution in [2.45, 2.75) is 32.6 Å². The summed E-state index contributed by atoms with van der Waals surface area (Å²) in [5.41, 5.74) is 1.78. The molecule has 0 saturated carbocycles. The van der Waals surface area contributed by atoms with Gasteiger partial charge in [0.1, 0.15) is 0 Å². The minimum atomic E-state index is 0.710. The van der Waals surface area contributed by atoms with Crippen molar-refractivity contribution in [3.05, 3.63) is 29.6 Å². The van der Waals surface area contributed by atoms with E-state index < -0.39 is 0 Å². The van der Waals surface area contributed by atoms with Crippen LogP contribution in [0.25, 0.3) is 0 Å². The van der Waals surface area contributed by atoms with Crippen LogP contribution in [0.1, 0.15) is 37.6 Å². The fourth-order valence-electron chi connectivity index (χ4n) is 1.32. The Bertz CT molecular complexity index is 297. The van der Waals surface area contributed by atoms with Gasteiger partial charge in [0, 0.05) is 5.69 Å². The molecule has 0 saturated heterocycles. The number of aryl methyl sites for hydroxylation is 1. The van der Waals surface area contributed by atoms with E-state index in [9.17, 15) is 0 Å². The summed E-state index contributed by atoms with van der Waals surface area (Å²) in [6.07, 6.45) is 5.98. The van der Waals surface area contributed by atoms with Gasteiger partial charge in [0.05, 0.1) is 11.9 Å². The zero-order chi connectivity index (χ0) is 10.2. The maximum atomic E-state index is 8.35. The molecule has 1 N–H and O–H groups in total. The first-order valence-corrected chi connectivity index (χ1v) is 5.00. The van der Waals surface area contributed by atoms with Gasteiger partial charge in [0.25, 0.3) is 0 Å². The number of nitrogens with zero attached hydrogens (tertiary/aromatic N) is 2. The molecule has 3 nitrogen and oxygen atoms in total. The highest BCUT2D eigenvalue weighted by atomic mass is 16.4. The van der Waals surface area contributed by atoms with Gasteiger partial charge < -0.3 is 5.21 Å². The molecule has 0 aliphatic heterocycles. The van der Waals surface area contributed by atoms with Crippen LogP contribution in [0, 0.1) is 0 Å². The van der Waals surface area contributed by atoms with Crippen molar-refractivity contribution in [2.75, 3.05) is 0 Å². The maximum absolute atomic E-state index is 8.35. The van der Waals surface area contributed by atoms with Gasteiger partial charge in [-0.15, -0.1) is 0 Å². The van der Waals surface area contributed by atoms with Gasteiger partial charge in [0.2, 0.25) is 0 Å². The lowest BCUT2D eigenvalue weighted by Crippen LogP contribution is -1.94. The fraction of sp³-hybridized carbons (Fsp3) is 0.455. The van der Waals surface area contributed by atoms with E-state index in [0.717, 1.165) is 12.1 Å². The molecule has 1 aromatic heterocycles. The van der Waals surface area contributed by atoms with Crippen LogP contribution in [0.2, 0.25) is 0 Å². The second-order valence-electron chi connectivity index (χ2n) is 3.26. The number of rotatable bonds is 5. The molecular formula is C11H16N2O. The molecule has 3 heteroatoms. The number of hydrogen-bond acceptors (Lipinski definition) is 3. The average molecular weight is 192 g/mol. The van der Waals surface area contributed by atoms with Crippen LogP contribution in [0.5, 0.6) is 0 Å². The summed E-state index contributed by atoms with van der Waals surface area (Å²) < 4.78 is 0. The van der Waals surface area contributed by atoms with E-state index >= 15 is 0 Å². The second-order valence-corrected chi connectivity index (χ2v) is 3.26. The Morgan fingerprint density at radius 3 is 3.00 bits per heavy atom. The van der Waals surface area contributed by atoms with E-state index in [4.69, 9.17) is 5.21 Å². The van der Waals surface area contributed by atoms with Crippen molar-refractivity contribution in [1.82, 2.24) is 4.98 Å². The molecule has 0 aliphatic rings. The quantitative estimate of drug-likeness (QED) is 0.337. The molecule has 0 amide bonds. The molecule has 1 aromatic rings. The topological polar surface area (TPSA) is 45.5 Å². The zero-order valence-electron chi connectivity index (χ0n) is 8.48. The van der Waals surface area contributed by atoms with Gasteiger partial charge >= 0.3 is 0 Å². The first kappa shape index (κ1) is 10.7. The molecule has 1 heterocycles. The number of hydrogen-bond donors (Lipinski definition) is 1. The molecule has 0 fully saturated rings. The smallest absolute Gasteiger partial charge is 0.0918 e. The van der Waals surface area contributed by atoms with Crippen LogP contribution < -0.4 is 0 Å². The summed E-state index contributed by atoms with van der Waals surface area (Å²) in [5.74, 6) is 0. The van der Waals surface area contributed by atoms with E-state index in [1.54, 1.807) is 0 Å². The molecule has 0 unspecified atom stereocenters. The highest BCUT2D eigenvalue weighted by Gasteiger charge is 1.95. The lowest BCUT2D eigenvalue weighted by Gasteiger charge is -2.00. The van der Waals surface area contributed by atoms with Crippen molar-refractivity contribution in [2.24, 2.45) is 5.16 Å². The Hall–Kier alpha value is -1.38. The number of oxime groups is 1. The van der Waals surface area contributed by atoms with Gasteiger partial charge in [-0.2, -0.15) is 0 Å². The van der Waals surface area contributed by atoms with E-state index in [0.29, 0.717) is 5.69 Å². The molecule has 0 bridgehead atoms. The Labute approximate surface area is 84.5 Å². The van der Waals surface area contributed by atoms with Gasteiger partial charge in [-0.05, 0) is 25.0 Å². The third-order valence-corrected chi connectivity index (χ3v) is 2.05. The largest absolute Gasteiger partial charge is 0.411 e. The van der Waals surface area contributed by atoms with Gasteiger partial charge in [0.15, 0.2) is 0 Å². The summed E-state index contributed by atoms with van der Waals surface area (Å²) in [6, 6.07) is 5.76. The lowest BCUT2D eigenvalue weighted by atomic mass is 10.1. The standard InChI is InChI=1S/C11H16N2O/c1-2-3-4-6-10-7-5-8-11(13-10)9-12-14/h5,7-9,14H,2-4,6H2,1H3/b12-9+. The number of pyridine rings is 1. The Kier molecular flexibility index (Phi) is 4.69. The van der Waals surface area contributed by atoms with Gasteiger partial charge in [-0.3, -0.25) is 4.98 Å². The third kappa shape index (κ3) is 3.56. The number of aromatic nitrogens is 1. The Morgan fingerprint density at radius 1 is 1.43 bits per heavy atom. The molecule has 0 aromatic carbocycles. The van der Waals surface area contributed by atoms with Crippen LogP contribution in [0.15, 0.2) is 23.4 Å². The Balaban J connectivity index is 2.54. The van der Waals surface area contributed by atoms with Gasteiger partial charge in [-0.1, -0.05) is 31.0 Å². The van der Waals surface area contributed by atoms with Crippen molar-refractivity contribution < 1.29 is 5.21 Å². The van der Waals surface area contributed by atoms with Crippen molar-refractivity contribution >= 4 is 6.21 Å². The minimum absolute atomic E-state index is 0.710. The molecular weight excluding hydrogens is 176 g/mol. The maximum Gasteiger partial charge on any atom is 0.0918 e. The molecule has 0 aliphatic carbocycles. The van der Waals surface area contributed by atoms with Crippen LogP contribution in [-0.2, 0) is 6.42 Å². The predicted molar refractivity (Wildman–Crippen MR) is 56.8 cm³/mol. The lowest BCUT2D eigenvalue weighted by molar-refractivity contribution is 0.321. The van der Waals surface area contributed by atoms with E-state index in [-0.39, 0.29) is 0 Å². The van der Waals surface area contributed by atoms with E-state index in [2.05, 4.69) is 17.1 Å². The fourth-order valence-corrected chi connectivity index (χ4v) is 1.32. The Morgan fingerprint density at radius 2 is 2.29 bits per heavy atom. The molecule has 0 spiro atoms. The highest BCUT2D eigenvalue weighted by molar-refractivity contribution is 5.76. The van der Waals surface area contributed by atoms with E-state index in [1.807, 2.05) is 18.2 Å². The van der Waals surface area contributed by atoms with Crippen LogP contribution in [0.4, 0.5) is 0 Å². The predicted octanol–water partition coefficient (Wildman–Crippen LogP) is 2.62. The van der Waals surface area contributed by atoms with E-state index in [1.165, 1.54) is 25.5 Å². The average Bonchev–Trinajstić information content (AvgIpc) is 2.19. The third-order valence-electron chi connectivity index (χ3n) is 2.05. The first-order valence-electron chi connectivity index (χ1n) is 5.00. The number of unbranched alkanes of at least 4 members (excludes halogenated alkanes) is 2. The summed E-state index contributed by atoms with van der Waals surface area (Å²) in [5, 5.41) is 11.3. The SMILES string of the molecule is CCCCCc1cccc(/C=N/O)n1. The molecule has 0 atom stereocenters. The minimum Gasteiger partial charge on any atom is -0.411 e. The van der Waals surface area contributed by atoms with Gasteiger partial charge in [-0.25, -0.2) is 0 Å². The summed E-state index contributed by atoms with van der Waals surface area (Å²) in [6.45, 7) is 2.18. The highest BCUT2D eigenvalue weighted by Crippen LogP contribution is 2.04. The molecule has 0 radical (unpaired) electrons. The van der Waals surface area contributed by atoms with Crippen LogP contribution in [0.3, 0.4) is 0 Å². The van der Waals surface area contributed by atoms with Crippen molar-refractivity contribution in [3.8, 4) is 0 Å². The molecule has 1 rings (SSSR count).